The van der Waals surface area contributed by atoms with Crippen molar-refractivity contribution in [3.8, 4) is 0 Å². The molecule has 1 aliphatic rings. The summed E-state index contributed by atoms with van der Waals surface area (Å²) in [5.41, 5.74) is 2.05. The van der Waals surface area contributed by atoms with Crippen molar-refractivity contribution in [3.05, 3.63) is 54.6 Å². The number of hydrogen-bond donors (Lipinski definition) is 0. The Labute approximate surface area is 165 Å². The molecule has 2 aromatic rings. The van der Waals surface area contributed by atoms with E-state index in [1.54, 1.807) is 11.0 Å². The van der Waals surface area contributed by atoms with Crippen LogP contribution in [-0.4, -0.2) is 36.9 Å². The van der Waals surface area contributed by atoms with E-state index in [9.17, 15) is 9.59 Å². The van der Waals surface area contributed by atoms with Gasteiger partial charge in [-0.05, 0) is 45.0 Å². The van der Waals surface area contributed by atoms with Crippen LogP contribution in [0.2, 0.25) is 0 Å². The van der Waals surface area contributed by atoms with Gasteiger partial charge in [0, 0.05) is 11.7 Å². The lowest BCUT2D eigenvalue weighted by atomic mass is 10.2. The third-order valence-electron chi connectivity index (χ3n) is 4.44. The van der Waals surface area contributed by atoms with Crippen molar-refractivity contribution >= 4 is 34.8 Å². The number of carbonyl (C=O) groups excluding carboxylic acids is 2. The number of benzene rings is 2. The highest BCUT2D eigenvalue weighted by atomic mass is 16.5. The zero-order valence-electron chi connectivity index (χ0n) is 16.5. The van der Waals surface area contributed by atoms with Gasteiger partial charge in [-0.2, -0.15) is 0 Å². The molecule has 28 heavy (non-hydrogen) atoms. The molecule has 0 saturated carbocycles. The molecule has 146 valence electrons. The predicted octanol–water partition coefficient (Wildman–Crippen LogP) is 3.93. The Morgan fingerprint density at radius 3 is 2.50 bits per heavy atom. The van der Waals surface area contributed by atoms with Gasteiger partial charge in [0.15, 0.2) is 5.90 Å². The van der Waals surface area contributed by atoms with E-state index in [2.05, 4.69) is 4.99 Å². The maximum absolute atomic E-state index is 13.2. The third-order valence-corrected chi connectivity index (χ3v) is 4.44. The van der Waals surface area contributed by atoms with Gasteiger partial charge in [-0.1, -0.05) is 30.3 Å². The van der Waals surface area contributed by atoms with E-state index in [1.807, 2.05) is 69.3 Å². The first kappa shape index (κ1) is 19.6. The molecule has 0 radical (unpaired) electrons. The number of para-hydroxylation sites is 3. The number of rotatable bonds is 5. The number of anilines is 2. The van der Waals surface area contributed by atoms with Crippen LogP contribution in [-0.2, 0) is 14.3 Å². The molecule has 0 spiro atoms. The van der Waals surface area contributed by atoms with Gasteiger partial charge in [-0.15, -0.1) is 0 Å². The van der Waals surface area contributed by atoms with Crippen LogP contribution in [0.3, 0.4) is 0 Å². The topological polar surface area (TPSA) is 62.2 Å². The van der Waals surface area contributed by atoms with Crippen molar-refractivity contribution < 1.29 is 14.3 Å². The average Bonchev–Trinajstić information content (AvgIpc) is 2.79. The van der Waals surface area contributed by atoms with E-state index >= 15 is 0 Å². The highest BCUT2D eigenvalue weighted by molar-refractivity contribution is 6.12. The quantitative estimate of drug-likeness (QED) is 0.791. The lowest BCUT2D eigenvalue weighted by Crippen LogP contribution is -2.46. The number of nitrogens with zero attached hydrogens (tertiary/aromatic N) is 3. The minimum absolute atomic E-state index is 0.0306. The normalized spacial score (nSPS) is 13.6. The SMILES string of the molecule is CCOC1=Nc2ccccc2N(CC(=O)N(c2ccccc2)C(C)C)C(=O)C1. The Morgan fingerprint density at radius 1 is 1.14 bits per heavy atom. The summed E-state index contributed by atoms with van der Waals surface area (Å²) in [6.45, 7) is 6.14. The van der Waals surface area contributed by atoms with Crippen LogP contribution in [0.15, 0.2) is 59.6 Å². The van der Waals surface area contributed by atoms with Crippen molar-refractivity contribution in [2.45, 2.75) is 33.2 Å². The van der Waals surface area contributed by atoms with E-state index < -0.39 is 0 Å². The minimum atomic E-state index is -0.206. The Bertz CT molecular complexity index is 878. The van der Waals surface area contributed by atoms with Gasteiger partial charge < -0.3 is 14.5 Å². The number of fused-ring (bicyclic) bond motifs is 1. The highest BCUT2D eigenvalue weighted by Gasteiger charge is 2.29. The maximum atomic E-state index is 13.2. The van der Waals surface area contributed by atoms with Crippen LogP contribution in [0.1, 0.15) is 27.2 Å². The van der Waals surface area contributed by atoms with E-state index in [0.717, 1.165) is 5.69 Å². The summed E-state index contributed by atoms with van der Waals surface area (Å²) in [7, 11) is 0. The summed E-state index contributed by atoms with van der Waals surface area (Å²) >= 11 is 0. The molecule has 6 heteroatoms. The first-order valence-corrected chi connectivity index (χ1v) is 9.48. The lowest BCUT2D eigenvalue weighted by molar-refractivity contribution is -0.122. The van der Waals surface area contributed by atoms with E-state index in [4.69, 9.17) is 4.74 Å². The fourth-order valence-corrected chi connectivity index (χ4v) is 3.27. The molecular weight excluding hydrogens is 354 g/mol. The molecule has 6 nitrogen and oxygen atoms in total. The Balaban J connectivity index is 1.91. The van der Waals surface area contributed by atoms with Gasteiger partial charge in [-0.3, -0.25) is 9.59 Å². The first-order chi connectivity index (χ1) is 13.5. The highest BCUT2D eigenvalue weighted by Crippen LogP contribution is 2.32. The molecule has 0 unspecified atom stereocenters. The number of ether oxygens (including phenoxy) is 1. The van der Waals surface area contributed by atoms with Gasteiger partial charge in [0.1, 0.15) is 13.0 Å². The second-order valence-electron chi connectivity index (χ2n) is 6.78. The van der Waals surface area contributed by atoms with Crippen LogP contribution in [0, 0.1) is 0 Å². The van der Waals surface area contributed by atoms with Crippen molar-refractivity contribution in [1.29, 1.82) is 0 Å². The number of carbonyl (C=O) groups is 2. The third kappa shape index (κ3) is 4.22. The summed E-state index contributed by atoms with van der Waals surface area (Å²) in [5, 5.41) is 0. The smallest absolute Gasteiger partial charge is 0.247 e. The molecule has 2 aromatic carbocycles. The molecule has 1 aliphatic heterocycles. The summed E-state index contributed by atoms with van der Waals surface area (Å²) in [6, 6.07) is 16.8. The molecule has 2 amide bonds. The maximum Gasteiger partial charge on any atom is 0.247 e. The Hall–Kier alpha value is -3.15. The fourth-order valence-electron chi connectivity index (χ4n) is 3.27. The van der Waals surface area contributed by atoms with Gasteiger partial charge >= 0.3 is 0 Å². The van der Waals surface area contributed by atoms with Gasteiger partial charge in [0.25, 0.3) is 0 Å². The molecule has 1 heterocycles. The number of amides is 2. The van der Waals surface area contributed by atoms with Gasteiger partial charge in [0.2, 0.25) is 11.8 Å². The summed E-state index contributed by atoms with van der Waals surface area (Å²) in [6.07, 6.45) is 0.0306. The zero-order chi connectivity index (χ0) is 20.1. The van der Waals surface area contributed by atoms with Crippen LogP contribution in [0.25, 0.3) is 0 Å². The van der Waals surface area contributed by atoms with Crippen LogP contribution in [0.4, 0.5) is 17.1 Å². The second-order valence-corrected chi connectivity index (χ2v) is 6.78. The van der Waals surface area contributed by atoms with Crippen LogP contribution < -0.4 is 9.80 Å². The van der Waals surface area contributed by atoms with Crippen molar-refractivity contribution in [1.82, 2.24) is 0 Å². The van der Waals surface area contributed by atoms with Crippen LogP contribution >= 0.6 is 0 Å². The van der Waals surface area contributed by atoms with Gasteiger partial charge in [-0.25, -0.2) is 4.99 Å². The minimum Gasteiger partial charge on any atom is -0.481 e. The van der Waals surface area contributed by atoms with E-state index in [-0.39, 0.29) is 30.8 Å². The monoisotopic (exact) mass is 379 g/mol. The Kier molecular flexibility index (Phi) is 6.09. The number of hydrogen-bond acceptors (Lipinski definition) is 4. The largest absolute Gasteiger partial charge is 0.481 e. The molecule has 3 rings (SSSR count). The molecular formula is C22H25N3O3. The zero-order valence-corrected chi connectivity index (χ0v) is 16.5. The standard InChI is InChI=1S/C22H25N3O3/c1-4-28-20-14-21(26)24(19-13-9-8-12-18(19)23-20)15-22(27)25(16(2)3)17-10-6-5-7-11-17/h5-13,16H,4,14-15H2,1-3H3. The van der Waals surface area contributed by atoms with E-state index in [1.165, 1.54) is 4.90 Å². The predicted molar refractivity (Wildman–Crippen MR) is 111 cm³/mol. The molecule has 0 aromatic heterocycles. The average molecular weight is 379 g/mol. The lowest BCUT2D eigenvalue weighted by Gasteiger charge is -2.30. The number of aliphatic imine (C=N–C) groups is 1. The summed E-state index contributed by atoms with van der Waals surface area (Å²) < 4.78 is 5.51. The molecule has 0 atom stereocenters. The van der Waals surface area contributed by atoms with E-state index in [0.29, 0.717) is 23.9 Å². The molecule has 0 saturated heterocycles. The van der Waals surface area contributed by atoms with Crippen LogP contribution in [0.5, 0.6) is 0 Å². The van der Waals surface area contributed by atoms with Crippen molar-refractivity contribution in [2.24, 2.45) is 4.99 Å². The van der Waals surface area contributed by atoms with Crippen molar-refractivity contribution in [3.63, 3.8) is 0 Å². The second kappa shape index (κ2) is 8.69. The van der Waals surface area contributed by atoms with Crippen molar-refractivity contribution in [2.75, 3.05) is 23.0 Å². The first-order valence-electron chi connectivity index (χ1n) is 9.48. The Morgan fingerprint density at radius 2 is 1.82 bits per heavy atom. The molecule has 0 N–H and O–H groups in total. The molecule has 0 bridgehead atoms. The summed E-state index contributed by atoms with van der Waals surface area (Å²) in [5.74, 6) is 0.0187. The molecule has 0 aliphatic carbocycles. The summed E-state index contributed by atoms with van der Waals surface area (Å²) in [4.78, 5) is 33.8. The molecule has 0 fully saturated rings. The van der Waals surface area contributed by atoms with Gasteiger partial charge in [0.05, 0.1) is 18.0 Å². The fraction of sp³-hybridized carbons (Fsp3) is 0.318.